The summed E-state index contributed by atoms with van der Waals surface area (Å²) in [6.45, 7) is 3.09. The molecule has 1 aromatic carbocycles. The fourth-order valence-electron chi connectivity index (χ4n) is 2.13. The molecule has 0 aliphatic carbocycles. The minimum Gasteiger partial charge on any atom is -0.493 e. The van der Waals surface area contributed by atoms with Crippen molar-refractivity contribution in [2.45, 2.75) is 25.4 Å². The van der Waals surface area contributed by atoms with Gasteiger partial charge in [0.2, 0.25) is 5.91 Å². The molecule has 1 fully saturated rings. The Morgan fingerprint density at radius 2 is 2.37 bits per heavy atom. The summed E-state index contributed by atoms with van der Waals surface area (Å²) in [5.74, 6) is 0.675. The van der Waals surface area contributed by atoms with Crippen molar-refractivity contribution in [2.75, 3.05) is 19.7 Å². The van der Waals surface area contributed by atoms with E-state index in [1.54, 1.807) is 36.1 Å². The summed E-state index contributed by atoms with van der Waals surface area (Å²) in [4.78, 5) is 13.6. The molecule has 1 N–H and O–H groups in total. The van der Waals surface area contributed by atoms with Crippen LogP contribution in [0.1, 0.15) is 19.8 Å². The molecule has 0 saturated carbocycles. The van der Waals surface area contributed by atoms with E-state index in [4.69, 9.17) is 16.3 Å². The van der Waals surface area contributed by atoms with Gasteiger partial charge in [0.25, 0.3) is 0 Å². The van der Waals surface area contributed by atoms with Crippen molar-refractivity contribution in [2.24, 2.45) is 0 Å². The molecular weight excluding hydrogens is 266 g/mol. The molecule has 5 heteroatoms. The summed E-state index contributed by atoms with van der Waals surface area (Å²) in [6, 6.07) is 7.09. The zero-order valence-electron chi connectivity index (χ0n) is 10.9. The van der Waals surface area contributed by atoms with E-state index in [9.17, 15) is 9.90 Å². The summed E-state index contributed by atoms with van der Waals surface area (Å²) in [5, 5.41) is 10.4. The quantitative estimate of drug-likeness (QED) is 0.920. The predicted molar refractivity (Wildman–Crippen MR) is 73.4 cm³/mol. The topological polar surface area (TPSA) is 49.8 Å². The highest BCUT2D eigenvalue weighted by Gasteiger charge is 2.33. The highest BCUT2D eigenvalue weighted by Crippen LogP contribution is 2.21. The van der Waals surface area contributed by atoms with E-state index >= 15 is 0 Å². The summed E-state index contributed by atoms with van der Waals surface area (Å²) in [6.07, 6.45) is 0.941. The summed E-state index contributed by atoms with van der Waals surface area (Å²) in [7, 11) is 0. The molecule has 1 unspecified atom stereocenters. The molecule has 4 nitrogen and oxygen atoms in total. The average Bonchev–Trinajstić information content (AvgIpc) is 2.70. The average molecular weight is 284 g/mol. The number of ether oxygens (including phenoxy) is 1. The number of benzene rings is 1. The molecule has 0 bridgehead atoms. The van der Waals surface area contributed by atoms with Crippen LogP contribution in [0.4, 0.5) is 0 Å². The van der Waals surface area contributed by atoms with Crippen molar-refractivity contribution in [3.63, 3.8) is 0 Å². The summed E-state index contributed by atoms with van der Waals surface area (Å²) in [5.41, 5.74) is -0.747. The van der Waals surface area contributed by atoms with Crippen LogP contribution in [0.15, 0.2) is 24.3 Å². The second-order valence-corrected chi connectivity index (χ2v) is 5.55. The standard InChI is InChI=1S/C14H18ClNO3/c1-14(18)6-7-16(10-14)13(17)5-8-19-12-4-2-3-11(15)9-12/h2-4,9,18H,5-8,10H2,1H3. The molecule has 1 aliphatic rings. The zero-order chi connectivity index (χ0) is 13.9. The number of nitrogens with zero attached hydrogens (tertiary/aromatic N) is 1. The van der Waals surface area contributed by atoms with Gasteiger partial charge in [0.15, 0.2) is 0 Å². The van der Waals surface area contributed by atoms with Gasteiger partial charge < -0.3 is 14.7 Å². The molecule has 1 atom stereocenters. The van der Waals surface area contributed by atoms with E-state index in [-0.39, 0.29) is 5.91 Å². The Balaban J connectivity index is 1.76. The molecular formula is C14H18ClNO3. The molecule has 1 amide bonds. The van der Waals surface area contributed by atoms with Gasteiger partial charge in [-0.05, 0) is 31.5 Å². The van der Waals surface area contributed by atoms with Gasteiger partial charge >= 0.3 is 0 Å². The van der Waals surface area contributed by atoms with Gasteiger partial charge in [-0.25, -0.2) is 0 Å². The minimum absolute atomic E-state index is 0.0137. The van der Waals surface area contributed by atoms with E-state index in [2.05, 4.69) is 0 Å². The van der Waals surface area contributed by atoms with Crippen molar-refractivity contribution in [1.82, 2.24) is 4.90 Å². The maximum atomic E-state index is 11.9. The number of carbonyl (C=O) groups is 1. The number of halogens is 1. The minimum atomic E-state index is -0.747. The van der Waals surface area contributed by atoms with Crippen LogP contribution in [0.3, 0.4) is 0 Å². The van der Waals surface area contributed by atoms with Gasteiger partial charge in [-0.2, -0.15) is 0 Å². The van der Waals surface area contributed by atoms with Crippen molar-refractivity contribution >= 4 is 17.5 Å². The number of amides is 1. The first-order valence-electron chi connectivity index (χ1n) is 6.35. The van der Waals surface area contributed by atoms with Crippen LogP contribution < -0.4 is 4.74 Å². The number of aliphatic hydroxyl groups is 1. The van der Waals surface area contributed by atoms with E-state index in [0.29, 0.717) is 43.3 Å². The fourth-order valence-corrected chi connectivity index (χ4v) is 2.31. The number of hydrogen-bond acceptors (Lipinski definition) is 3. The van der Waals surface area contributed by atoms with Crippen molar-refractivity contribution in [1.29, 1.82) is 0 Å². The van der Waals surface area contributed by atoms with Gasteiger partial charge in [-0.1, -0.05) is 17.7 Å². The Hall–Kier alpha value is -1.26. The van der Waals surface area contributed by atoms with Gasteiger partial charge in [-0.3, -0.25) is 4.79 Å². The first-order chi connectivity index (χ1) is 8.96. The van der Waals surface area contributed by atoms with E-state index in [0.717, 1.165) is 0 Å². The second-order valence-electron chi connectivity index (χ2n) is 5.12. The monoisotopic (exact) mass is 283 g/mol. The highest BCUT2D eigenvalue weighted by molar-refractivity contribution is 6.30. The van der Waals surface area contributed by atoms with Crippen LogP contribution in [0.5, 0.6) is 5.75 Å². The van der Waals surface area contributed by atoms with Gasteiger partial charge in [0, 0.05) is 18.1 Å². The van der Waals surface area contributed by atoms with Crippen molar-refractivity contribution < 1.29 is 14.6 Å². The third-order valence-corrected chi connectivity index (χ3v) is 3.42. The molecule has 1 aliphatic heterocycles. The number of likely N-dealkylation sites (tertiary alicyclic amines) is 1. The lowest BCUT2D eigenvalue weighted by atomic mass is 10.1. The number of carbonyl (C=O) groups excluding carboxylic acids is 1. The van der Waals surface area contributed by atoms with Crippen LogP contribution >= 0.6 is 11.6 Å². The Morgan fingerprint density at radius 1 is 1.58 bits per heavy atom. The molecule has 104 valence electrons. The number of β-amino-alcohol motifs (C(OH)–C–C–N with tert-alkyl or cyclic N) is 1. The van der Waals surface area contributed by atoms with Crippen molar-refractivity contribution in [3.8, 4) is 5.75 Å². The molecule has 0 radical (unpaired) electrons. The Bertz CT molecular complexity index is 462. The molecule has 0 spiro atoms. The molecule has 2 rings (SSSR count). The Labute approximate surface area is 117 Å². The molecule has 1 aromatic rings. The van der Waals surface area contributed by atoms with Gasteiger partial charge in [0.1, 0.15) is 5.75 Å². The summed E-state index contributed by atoms with van der Waals surface area (Å²) >= 11 is 5.84. The van der Waals surface area contributed by atoms with E-state index in [1.165, 1.54) is 0 Å². The highest BCUT2D eigenvalue weighted by atomic mass is 35.5. The lowest BCUT2D eigenvalue weighted by molar-refractivity contribution is -0.131. The summed E-state index contributed by atoms with van der Waals surface area (Å²) < 4.78 is 5.47. The predicted octanol–water partition coefficient (Wildman–Crippen LogP) is 2.09. The van der Waals surface area contributed by atoms with Crippen LogP contribution in [0.25, 0.3) is 0 Å². The smallest absolute Gasteiger partial charge is 0.226 e. The second kappa shape index (κ2) is 5.80. The number of rotatable bonds is 4. The molecule has 19 heavy (non-hydrogen) atoms. The first-order valence-corrected chi connectivity index (χ1v) is 6.73. The lowest BCUT2D eigenvalue weighted by Crippen LogP contribution is -2.34. The maximum Gasteiger partial charge on any atom is 0.226 e. The van der Waals surface area contributed by atoms with Crippen LogP contribution in [-0.4, -0.2) is 41.2 Å². The van der Waals surface area contributed by atoms with Crippen LogP contribution in [-0.2, 0) is 4.79 Å². The molecule has 1 saturated heterocycles. The Morgan fingerprint density at radius 3 is 3.00 bits per heavy atom. The van der Waals surface area contributed by atoms with E-state index < -0.39 is 5.60 Å². The van der Waals surface area contributed by atoms with Gasteiger partial charge in [0.05, 0.1) is 18.6 Å². The fraction of sp³-hybridized carbons (Fsp3) is 0.500. The van der Waals surface area contributed by atoms with Gasteiger partial charge in [-0.15, -0.1) is 0 Å². The zero-order valence-corrected chi connectivity index (χ0v) is 11.7. The third-order valence-electron chi connectivity index (χ3n) is 3.19. The third kappa shape index (κ3) is 4.11. The SMILES string of the molecule is CC1(O)CCN(C(=O)CCOc2cccc(Cl)c2)C1. The largest absolute Gasteiger partial charge is 0.493 e. The van der Waals surface area contributed by atoms with Crippen molar-refractivity contribution in [3.05, 3.63) is 29.3 Å². The molecule has 0 aromatic heterocycles. The van der Waals surface area contributed by atoms with Crippen LogP contribution in [0.2, 0.25) is 5.02 Å². The first kappa shape index (κ1) is 14.2. The van der Waals surface area contributed by atoms with Crippen LogP contribution in [0, 0.1) is 0 Å². The maximum absolute atomic E-state index is 11.9. The lowest BCUT2D eigenvalue weighted by Gasteiger charge is -2.19. The Kier molecular flexibility index (Phi) is 4.32. The normalized spacial score (nSPS) is 22.6. The number of hydrogen-bond donors (Lipinski definition) is 1. The van der Waals surface area contributed by atoms with E-state index in [1.807, 2.05) is 0 Å². The molecule has 1 heterocycles.